The van der Waals surface area contributed by atoms with Gasteiger partial charge < -0.3 is 15.2 Å². The molecule has 0 radical (unpaired) electrons. The first-order valence-electron chi connectivity index (χ1n) is 4.74. The Labute approximate surface area is 100 Å². The van der Waals surface area contributed by atoms with Gasteiger partial charge in [0.15, 0.2) is 0 Å². The van der Waals surface area contributed by atoms with Gasteiger partial charge in [-0.2, -0.15) is 0 Å². The highest BCUT2D eigenvalue weighted by Crippen LogP contribution is 2.24. The molecule has 0 aliphatic carbocycles. The number of aliphatic hydroxyl groups is 1. The summed E-state index contributed by atoms with van der Waals surface area (Å²) in [4.78, 5) is 13.5. The summed E-state index contributed by atoms with van der Waals surface area (Å²) in [5.41, 5.74) is 1.40. The lowest BCUT2D eigenvalue weighted by Gasteiger charge is -2.03. The molecule has 84 valence electrons. The Bertz CT molecular complexity index is 535. The van der Waals surface area contributed by atoms with E-state index in [0.717, 1.165) is 15.4 Å². The van der Waals surface area contributed by atoms with Crippen molar-refractivity contribution in [1.82, 2.24) is 4.98 Å². The average molecular weight is 284 g/mol. The zero-order valence-electron chi connectivity index (χ0n) is 8.27. The Balaban J connectivity index is 2.35. The van der Waals surface area contributed by atoms with Crippen molar-refractivity contribution < 1.29 is 15.0 Å². The van der Waals surface area contributed by atoms with Crippen LogP contribution >= 0.6 is 15.9 Å². The van der Waals surface area contributed by atoms with Gasteiger partial charge in [-0.3, -0.25) is 4.79 Å². The minimum Gasteiger partial charge on any atom is -0.481 e. The summed E-state index contributed by atoms with van der Waals surface area (Å²) in [5.74, 6) is -1.02. The number of hydrogen-bond donors (Lipinski definition) is 3. The van der Waals surface area contributed by atoms with E-state index in [1.54, 1.807) is 6.07 Å². The van der Waals surface area contributed by atoms with E-state index in [1.807, 2.05) is 18.2 Å². The number of H-pyrrole nitrogens is 1. The van der Waals surface area contributed by atoms with Crippen LogP contribution in [0.5, 0.6) is 0 Å². The fraction of sp³-hybridized carbons (Fsp3) is 0.182. The Morgan fingerprint density at radius 2 is 2.19 bits per heavy atom. The van der Waals surface area contributed by atoms with E-state index in [1.165, 1.54) is 0 Å². The molecule has 4 nitrogen and oxygen atoms in total. The monoisotopic (exact) mass is 283 g/mol. The van der Waals surface area contributed by atoms with Crippen LogP contribution in [0.2, 0.25) is 0 Å². The van der Waals surface area contributed by atoms with E-state index >= 15 is 0 Å². The molecule has 0 amide bonds. The lowest BCUT2D eigenvalue weighted by atomic mass is 10.2. The van der Waals surface area contributed by atoms with Gasteiger partial charge in [-0.25, -0.2) is 0 Å². The molecule has 1 heterocycles. The number of aromatic nitrogens is 1. The van der Waals surface area contributed by atoms with Crippen molar-refractivity contribution in [3.63, 3.8) is 0 Å². The quantitative estimate of drug-likeness (QED) is 0.810. The second-order valence-corrected chi connectivity index (χ2v) is 4.49. The number of carboxylic acids is 1. The van der Waals surface area contributed by atoms with Crippen molar-refractivity contribution in [3.8, 4) is 0 Å². The number of aliphatic hydroxyl groups excluding tert-OH is 1. The molecule has 0 saturated carbocycles. The molecule has 16 heavy (non-hydrogen) atoms. The first-order valence-corrected chi connectivity index (χ1v) is 5.53. The normalized spacial score (nSPS) is 12.9. The van der Waals surface area contributed by atoms with E-state index in [0.29, 0.717) is 5.69 Å². The Kier molecular flexibility index (Phi) is 2.98. The van der Waals surface area contributed by atoms with Crippen molar-refractivity contribution in [3.05, 3.63) is 34.4 Å². The third-order valence-corrected chi connectivity index (χ3v) is 2.82. The highest BCUT2D eigenvalue weighted by atomic mass is 79.9. The Morgan fingerprint density at radius 1 is 1.44 bits per heavy atom. The smallest absolute Gasteiger partial charge is 0.306 e. The zero-order chi connectivity index (χ0) is 11.7. The first kappa shape index (κ1) is 11.2. The molecule has 1 aromatic heterocycles. The largest absolute Gasteiger partial charge is 0.481 e. The molecule has 0 aliphatic heterocycles. The summed E-state index contributed by atoms with van der Waals surface area (Å²) >= 11 is 3.35. The van der Waals surface area contributed by atoms with Gasteiger partial charge >= 0.3 is 5.97 Å². The van der Waals surface area contributed by atoms with Gasteiger partial charge in [-0.05, 0) is 24.3 Å². The molecule has 1 aromatic carbocycles. The van der Waals surface area contributed by atoms with E-state index < -0.39 is 12.1 Å². The first-order chi connectivity index (χ1) is 7.56. The van der Waals surface area contributed by atoms with Crippen LogP contribution in [0.1, 0.15) is 18.2 Å². The van der Waals surface area contributed by atoms with Gasteiger partial charge in [0.1, 0.15) is 6.10 Å². The topological polar surface area (TPSA) is 73.3 Å². The molecule has 0 aliphatic rings. The fourth-order valence-electron chi connectivity index (χ4n) is 1.58. The molecule has 0 unspecified atom stereocenters. The maximum absolute atomic E-state index is 10.5. The van der Waals surface area contributed by atoms with Crippen molar-refractivity contribution in [2.45, 2.75) is 12.5 Å². The maximum Gasteiger partial charge on any atom is 0.306 e. The zero-order valence-corrected chi connectivity index (χ0v) is 9.86. The van der Waals surface area contributed by atoms with Gasteiger partial charge in [0.05, 0.1) is 6.42 Å². The van der Waals surface area contributed by atoms with E-state index in [-0.39, 0.29) is 6.42 Å². The van der Waals surface area contributed by atoms with Crippen LogP contribution in [0.15, 0.2) is 28.7 Å². The van der Waals surface area contributed by atoms with Crippen molar-refractivity contribution in [1.29, 1.82) is 0 Å². The average Bonchev–Trinajstić information content (AvgIpc) is 2.59. The highest BCUT2D eigenvalue weighted by Gasteiger charge is 2.14. The number of hydrogen-bond acceptors (Lipinski definition) is 2. The number of halogens is 1. The minimum absolute atomic E-state index is 0.298. The van der Waals surface area contributed by atoms with Gasteiger partial charge in [-0.1, -0.05) is 15.9 Å². The summed E-state index contributed by atoms with van der Waals surface area (Å²) < 4.78 is 0.943. The van der Waals surface area contributed by atoms with Gasteiger partial charge in [-0.15, -0.1) is 0 Å². The third kappa shape index (κ3) is 2.25. The SMILES string of the molecule is O=C(O)C[C@H](O)c1cc2cc(Br)ccc2[nH]1. The molecule has 0 fully saturated rings. The minimum atomic E-state index is -1.02. The molecular weight excluding hydrogens is 274 g/mol. The third-order valence-electron chi connectivity index (χ3n) is 2.33. The van der Waals surface area contributed by atoms with E-state index in [9.17, 15) is 9.90 Å². The summed E-state index contributed by atoms with van der Waals surface area (Å²) in [5, 5.41) is 19.2. The molecule has 2 rings (SSSR count). The second-order valence-electron chi connectivity index (χ2n) is 3.57. The van der Waals surface area contributed by atoms with E-state index in [4.69, 9.17) is 5.11 Å². The number of benzene rings is 1. The van der Waals surface area contributed by atoms with Crippen LogP contribution in [0.3, 0.4) is 0 Å². The molecule has 0 bridgehead atoms. The predicted octanol–water partition coefficient (Wildman–Crippen LogP) is 2.44. The summed E-state index contributed by atoms with van der Waals surface area (Å²) in [6, 6.07) is 7.42. The summed E-state index contributed by atoms with van der Waals surface area (Å²) in [6.45, 7) is 0. The fourth-order valence-corrected chi connectivity index (χ4v) is 1.96. The molecular formula is C11H10BrNO3. The van der Waals surface area contributed by atoms with Crippen molar-refractivity contribution in [2.24, 2.45) is 0 Å². The molecule has 5 heteroatoms. The molecule has 2 aromatic rings. The Morgan fingerprint density at radius 3 is 2.88 bits per heavy atom. The molecule has 0 saturated heterocycles. The van der Waals surface area contributed by atoms with Crippen LogP contribution in [-0.4, -0.2) is 21.2 Å². The highest BCUT2D eigenvalue weighted by molar-refractivity contribution is 9.10. The number of nitrogens with one attached hydrogen (secondary N) is 1. The predicted molar refractivity (Wildman–Crippen MR) is 63.2 cm³/mol. The van der Waals surface area contributed by atoms with Crippen molar-refractivity contribution in [2.75, 3.05) is 0 Å². The maximum atomic E-state index is 10.5. The van der Waals surface area contributed by atoms with Crippen LogP contribution in [0.25, 0.3) is 10.9 Å². The lowest BCUT2D eigenvalue weighted by Crippen LogP contribution is -2.05. The molecule has 1 atom stereocenters. The van der Waals surface area contributed by atoms with Gasteiger partial charge in [0, 0.05) is 21.1 Å². The number of fused-ring (bicyclic) bond motifs is 1. The van der Waals surface area contributed by atoms with Crippen LogP contribution in [-0.2, 0) is 4.79 Å². The lowest BCUT2D eigenvalue weighted by molar-refractivity contribution is -0.139. The Hall–Kier alpha value is -1.33. The van der Waals surface area contributed by atoms with Crippen molar-refractivity contribution >= 4 is 32.8 Å². The molecule has 3 N–H and O–H groups in total. The van der Waals surface area contributed by atoms with Gasteiger partial charge in [0.25, 0.3) is 0 Å². The summed E-state index contributed by atoms with van der Waals surface area (Å²) in [7, 11) is 0. The number of carboxylic acid groups (broad SMARTS) is 1. The summed E-state index contributed by atoms with van der Waals surface area (Å²) in [6.07, 6.45) is -1.29. The van der Waals surface area contributed by atoms with Crippen LogP contribution in [0, 0.1) is 0 Å². The second kappa shape index (κ2) is 4.27. The van der Waals surface area contributed by atoms with E-state index in [2.05, 4.69) is 20.9 Å². The van der Waals surface area contributed by atoms with Gasteiger partial charge in [0.2, 0.25) is 0 Å². The number of carbonyl (C=O) groups is 1. The number of aliphatic carboxylic acids is 1. The standard InChI is InChI=1S/C11H10BrNO3/c12-7-1-2-8-6(3-7)4-9(13-8)10(14)5-11(15)16/h1-4,10,13-14H,5H2,(H,15,16)/t10-/m0/s1. The van der Waals surface area contributed by atoms with Crippen LogP contribution in [0.4, 0.5) is 0 Å². The number of rotatable bonds is 3. The van der Waals surface area contributed by atoms with Crippen LogP contribution < -0.4 is 0 Å². The number of aromatic amines is 1. The molecule has 0 spiro atoms.